The van der Waals surface area contributed by atoms with E-state index in [9.17, 15) is 9.90 Å². The van der Waals surface area contributed by atoms with Crippen LogP contribution in [0, 0.1) is 5.41 Å². The van der Waals surface area contributed by atoms with E-state index in [1.807, 2.05) is 24.3 Å². The highest BCUT2D eigenvalue weighted by Crippen LogP contribution is 2.37. The lowest BCUT2D eigenvalue weighted by Gasteiger charge is -2.38. The lowest BCUT2D eigenvalue weighted by molar-refractivity contribution is 0.0388. The largest absolute Gasteiger partial charge is 0.508 e. The minimum absolute atomic E-state index is 0.0815. The van der Waals surface area contributed by atoms with Gasteiger partial charge in [0.05, 0.1) is 6.04 Å². The van der Waals surface area contributed by atoms with Gasteiger partial charge in [-0.05, 0) is 34.5 Å². The molecular formula is C16H17NO3. The summed E-state index contributed by atoms with van der Waals surface area (Å²) < 4.78 is 5.06. The number of cyclic esters (lactones) is 1. The average Bonchev–Trinajstić information content (AvgIpc) is 2.41. The van der Waals surface area contributed by atoms with Gasteiger partial charge in [-0.3, -0.25) is 0 Å². The molecule has 2 aromatic carbocycles. The number of hydrogen-bond donors (Lipinski definition) is 2. The Balaban J connectivity index is 2.04. The van der Waals surface area contributed by atoms with E-state index in [0.29, 0.717) is 6.61 Å². The quantitative estimate of drug-likeness (QED) is 0.836. The van der Waals surface area contributed by atoms with Gasteiger partial charge in [0.25, 0.3) is 0 Å². The van der Waals surface area contributed by atoms with E-state index in [4.69, 9.17) is 4.74 Å². The molecule has 0 saturated carbocycles. The number of benzene rings is 2. The first-order valence-corrected chi connectivity index (χ1v) is 6.62. The van der Waals surface area contributed by atoms with Crippen LogP contribution < -0.4 is 5.32 Å². The Morgan fingerprint density at radius 3 is 2.70 bits per heavy atom. The van der Waals surface area contributed by atoms with Crippen molar-refractivity contribution in [3.63, 3.8) is 0 Å². The SMILES string of the molecule is CC1(C)COC(=O)N[C@H]1c1ccc2cc(O)ccc2c1. The first-order chi connectivity index (χ1) is 9.45. The molecule has 20 heavy (non-hydrogen) atoms. The Bertz CT molecular complexity index is 678. The van der Waals surface area contributed by atoms with E-state index in [-0.39, 0.29) is 23.3 Å². The zero-order chi connectivity index (χ0) is 14.3. The molecule has 0 radical (unpaired) electrons. The second-order valence-corrected chi connectivity index (χ2v) is 5.93. The van der Waals surface area contributed by atoms with Gasteiger partial charge in [0.15, 0.2) is 0 Å². The third-order valence-corrected chi connectivity index (χ3v) is 3.80. The van der Waals surface area contributed by atoms with Crippen LogP contribution in [0.2, 0.25) is 0 Å². The monoisotopic (exact) mass is 271 g/mol. The predicted octanol–water partition coefficient (Wildman–Crippen LogP) is 3.35. The van der Waals surface area contributed by atoms with E-state index in [0.717, 1.165) is 16.3 Å². The molecule has 1 fully saturated rings. The molecule has 1 aliphatic rings. The maximum absolute atomic E-state index is 11.5. The fourth-order valence-electron chi connectivity index (χ4n) is 2.66. The van der Waals surface area contributed by atoms with Gasteiger partial charge in [-0.1, -0.05) is 32.0 Å². The molecule has 3 rings (SSSR count). The fraction of sp³-hybridized carbons (Fsp3) is 0.312. The third kappa shape index (κ3) is 2.18. The second kappa shape index (κ2) is 4.40. The average molecular weight is 271 g/mol. The Morgan fingerprint density at radius 1 is 1.20 bits per heavy atom. The minimum Gasteiger partial charge on any atom is -0.508 e. The van der Waals surface area contributed by atoms with E-state index < -0.39 is 0 Å². The molecule has 2 aromatic rings. The first-order valence-electron chi connectivity index (χ1n) is 6.62. The number of fused-ring (bicyclic) bond motifs is 1. The maximum atomic E-state index is 11.5. The number of phenolic OH excluding ortho intramolecular Hbond substituents is 1. The number of nitrogens with one attached hydrogen (secondary N) is 1. The molecule has 1 saturated heterocycles. The van der Waals surface area contributed by atoms with Crippen LogP contribution in [0.4, 0.5) is 4.79 Å². The zero-order valence-corrected chi connectivity index (χ0v) is 11.5. The predicted molar refractivity (Wildman–Crippen MR) is 76.6 cm³/mol. The molecule has 104 valence electrons. The van der Waals surface area contributed by atoms with Crippen LogP contribution in [0.3, 0.4) is 0 Å². The number of rotatable bonds is 1. The van der Waals surface area contributed by atoms with Crippen LogP contribution in [0.15, 0.2) is 36.4 Å². The second-order valence-electron chi connectivity index (χ2n) is 5.93. The molecule has 0 bridgehead atoms. The molecule has 0 aliphatic carbocycles. The summed E-state index contributed by atoms with van der Waals surface area (Å²) in [4.78, 5) is 11.5. The summed E-state index contributed by atoms with van der Waals surface area (Å²) in [6.07, 6.45) is -0.375. The fourth-order valence-corrected chi connectivity index (χ4v) is 2.66. The van der Waals surface area contributed by atoms with Crippen molar-refractivity contribution in [3.05, 3.63) is 42.0 Å². The molecule has 0 unspecified atom stereocenters. The summed E-state index contributed by atoms with van der Waals surface area (Å²) >= 11 is 0. The summed E-state index contributed by atoms with van der Waals surface area (Å²) in [5, 5.41) is 14.4. The lowest BCUT2D eigenvalue weighted by atomic mass is 9.80. The highest BCUT2D eigenvalue weighted by molar-refractivity contribution is 5.84. The minimum atomic E-state index is -0.375. The summed E-state index contributed by atoms with van der Waals surface area (Å²) in [7, 11) is 0. The van der Waals surface area contributed by atoms with Gasteiger partial charge in [-0.2, -0.15) is 0 Å². The highest BCUT2D eigenvalue weighted by atomic mass is 16.6. The molecule has 4 nitrogen and oxygen atoms in total. The van der Waals surface area contributed by atoms with Crippen LogP contribution in [-0.2, 0) is 4.74 Å². The summed E-state index contributed by atoms with van der Waals surface area (Å²) in [6.45, 7) is 4.54. The van der Waals surface area contributed by atoms with Gasteiger partial charge in [0, 0.05) is 5.41 Å². The van der Waals surface area contributed by atoms with Gasteiger partial charge in [0.2, 0.25) is 0 Å². The van der Waals surface area contributed by atoms with Crippen LogP contribution in [0.5, 0.6) is 5.75 Å². The number of carbonyl (C=O) groups excluding carboxylic acids is 1. The number of carbonyl (C=O) groups is 1. The smallest absolute Gasteiger partial charge is 0.407 e. The number of amides is 1. The molecule has 0 spiro atoms. The summed E-state index contributed by atoms with van der Waals surface area (Å²) in [5.74, 6) is 0.255. The molecule has 1 aliphatic heterocycles. The van der Waals surface area contributed by atoms with Crippen molar-refractivity contribution in [2.45, 2.75) is 19.9 Å². The Hall–Kier alpha value is -2.23. The molecule has 1 atom stereocenters. The Kier molecular flexibility index (Phi) is 2.82. The van der Waals surface area contributed by atoms with Gasteiger partial charge in [0.1, 0.15) is 12.4 Å². The van der Waals surface area contributed by atoms with E-state index >= 15 is 0 Å². The zero-order valence-electron chi connectivity index (χ0n) is 11.5. The van der Waals surface area contributed by atoms with Crippen LogP contribution in [0.25, 0.3) is 10.8 Å². The van der Waals surface area contributed by atoms with Crippen LogP contribution in [0.1, 0.15) is 25.5 Å². The van der Waals surface area contributed by atoms with E-state index in [1.165, 1.54) is 0 Å². The van der Waals surface area contributed by atoms with Gasteiger partial charge in [-0.25, -0.2) is 4.79 Å². The molecular weight excluding hydrogens is 254 g/mol. The van der Waals surface area contributed by atoms with E-state index in [2.05, 4.69) is 19.2 Å². The molecule has 0 aromatic heterocycles. The Labute approximate surface area is 117 Å². The van der Waals surface area contributed by atoms with Gasteiger partial charge >= 0.3 is 6.09 Å². The van der Waals surface area contributed by atoms with Gasteiger partial charge in [-0.15, -0.1) is 0 Å². The maximum Gasteiger partial charge on any atom is 0.407 e. The van der Waals surface area contributed by atoms with Crippen molar-refractivity contribution in [2.24, 2.45) is 5.41 Å². The van der Waals surface area contributed by atoms with Crippen molar-refractivity contribution in [2.75, 3.05) is 6.61 Å². The Morgan fingerprint density at radius 2 is 1.90 bits per heavy atom. The molecule has 2 N–H and O–H groups in total. The van der Waals surface area contributed by atoms with Crippen LogP contribution in [-0.4, -0.2) is 17.8 Å². The topological polar surface area (TPSA) is 58.6 Å². The van der Waals surface area contributed by atoms with Crippen molar-refractivity contribution in [3.8, 4) is 5.75 Å². The first kappa shape index (κ1) is 12.8. The number of ether oxygens (including phenoxy) is 1. The lowest BCUT2D eigenvalue weighted by Crippen LogP contribution is -2.46. The number of phenols is 1. The highest BCUT2D eigenvalue weighted by Gasteiger charge is 2.37. The van der Waals surface area contributed by atoms with Gasteiger partial charge < -0.3 is 15.2 Å². The van der Waals surface area contributed by atoms with Crippen molar-refractivity contribution in [1.29, 1.82) is 0 Å². The molecule has 1 amide bonds. The van der Waals surface area contributed by atoms with Crippen molar-refractivity contribution < 1.29 is 14.6 Å². The number of aromatic hydroxyl groups is 1. The number of hydrogen-bond acceptors (Lipinski definition) is 3. The standard InChI is InChI=1S/C16H17NO3/c1-16(2)9-20-15(19)17-14(16)12-4-3-11-8-13(18)6-5-10(11)7-12/h3-8,14,18H,9H2,1-2H3,(H,17,19)/t14-/m0/s1. The summed E-state index contributed by atoms with van der Waals surface area (Å²) in [6, 6.07) is 11.2. The molecule has 4 heteroatoms. The van der Waals surface area contributed by atoms with Crippen molar-refractivity contribution >= 4 is 16.9 Å². The number of alkyl carbamates (subject to hydrolysis) is 1. The summed E-state index contributed by atoms with van der Waals surface area (Å²) in [5.41, 5.74) is 0.878. The van der Waals surface area contributed by atoms with Crippen molar-refractivity contribution in [1.82, 2.24) is 5.32 Å². The van der Waals surface area contributed by atoms with Crippen LogP contribution >= 0.6 is 0 Å². The third-order valence-electron chi connectivity index (χ3n) is 3.80. The normalized spacial score (nSPS) is 21.3. The van der Waals surface area contributed by atoms with E-state index in [1.54, 1.807) is 12.1 Å². The molecule has 1 heterocycles.